The molecule has 0 aliphatic rings. The predicted octanol–water partition coefficient (Wildman–Crippen LogP) is 1.71. The quantitative estimate of drug-likeness (QED) is 0.769. The summed E-state index contributed by atoms with van der Waals surface area (Å²) in [5, 5.41) is 8.07. The van der Waals surface area contributed by atoms with Crippen LogP contribution in [0.25, 0.3) is 5.69 Å². The molecule has 3 aromatic rings. The lowest BCUT2D eigenvalue weighted by molar-refractivity contribution is 0.719. The van der Waals surface area contributed by atoms with Gasteiger partial charge in [0.1, 0.15) is 0 Å². The summed E-state index contributed by atoms with van der Waals surface area (Å²) in [5.41, 5.74) is 9.04. The molecule has 0 saturated heterocycles. The zero-order valence-corrected chi connectivity index (χ0v) is 10.2. The molecule has 0 bridgehead atoms. The third kappa shape index (κ3) is 2.23. The molecule has 1 unspecified atom stereocenters. The van der Waals surface area contributed by atoms with Crippen molar-refractivity contribution in [2.45, 2.75) is 6.04 Å². The van der Waals surface area contributed by atoms with Gasteiger partial charge in [-0.3, -0.25) is 4.98 Å². The van der Waals surface area contributed by atoms with E-state index in [9.17, 15) is 0 Å². The largest absolute Gasteiger partial charge is 0.319 e. The lowest BCUT2D eigenvalue weighted by Crippen LogP contribution is -2.16. The van der Waals surface area contributed by atoms with Crippen LogP contribution in [-0.4, -0.2) is 20.0 Å². The molecule has 1 aromatic carbocycles. The fraction of sp³-hybridized carbons (Fsp3) is 0.0714. The molecule has 0 amide bonds. The van der Waals surface area contributed by atoms with Gasteiger partial charge in [-0.1, -0.05) is 23.4 Å². The van der Waals surface area contributed by atoms with Crippen LogP contribution in [0.3, 0.4) is 0 Å². The van der Waals surface area contributed by atoms with Crippen LogP contribution >= 0.6 is 0 Å². The number of hydrogen-bond acceptors (Lipinski definition) is 4. The van der Waals surface area contributed by atoms with Crippen LogP contribution in [0.4, 0.5) is 0 Å². The van der Waals surface area contributed by atoms with Gasteiger partial charge in [-0.25, -0.2) is 4.68 Å². The first-order chi connectivity index (χ1) is 9.36. The first kappa shape index (κ1) is 11.6. The molecule has 5 nitrogen and oxygen atoms in total. The Morgan fingerprint density at radius 3 is 2.47 bits per heavy atom. The summed E-state index contributed by atoms with van der Waals surface area (Å²) in [7, 11) is 0. The molecule has 0 radical (unpaired) electrons. The van der Waals surface area contributed by atoms with Gasteiger partial charge in [0.2, 0.25) is 0 Å². The molecule has 0 spiro atoms. The van der Waals surface area contributed by atoms with E-state index in [4.69, 9.17) is 5.73 Å². The topological polar surface area (TPSA) is 69.6 Å². The number of para-hydroxylation sites is 1. The van der Waals surface area contributed by atoms with Gasteiger partial charge < -0.3 is 5.73 Å². The van der Waals surface area contributed by atoms with Gasteiger partial charge in [-0.15, -0.1) is 5.10 Å². The van der Waals surface area contributed by atoms with Crippen LogP contribution in [0.1, 0.15) is 17.3 Å². The van der Waals surface area contributed by atoms with E-state index in [0.29, 0.717) is 0 Å². The highest BCUT2D eigenvalue weighted by molar-refractivity contribution is 5.34. The van der Waals surface area contributed by atoms with E-state index in [1.54, 1.807) is 23.3 Å². The summed E-state index contributed by atoms with van der Waals surface area (Å²) in [6, 6.07) is 13.3. The number of benzene rings is 1. The minimum Gasteiger partial charge on any atom is -0.319 e. The highest BCUT2D eigenvalue weighted by atomic mass is 15.4. The van der Waals surface area contributed by atoms with E-state index in [1.807, 2.05) is 42.5 Å². The molecule has 0 aliphatic carbocycles. The van der Waals surface area contributed by atoms with Gasteiger partial charge in [0.15, 0.2) is 0 Å². The van der Waals surface area contributed by atoms with Crippen LogP contribution in [0.5, 0.6) is 0 Å². The minimum atomic E-state index is -0.279. The summed E-state index contributed by atoms with van der Waals surface area (Å²) in [5.74, 6) is 0. The summed E-state index contributed by atoms with van der Waals surface area (Å²) >= 11 is 0. The van der Waals surface area contributed by atoms with Crippen molar-refractivity contribution in [3.05, 3.63) is 72.3 Å². The van der Waals surface area contributed by atoms with Crippen LogP contribution in [0.15, 0.2) is 61.1 Å². The summed E-state index contributed by atoms with van der Waals surface area (Å²) < 4.78 is 1.76. The molecule has 19 heavy (non-hydrogen) atoms. The maximum Gasteiger partial charge on any atom is 0.0858 e. The number of nitrogens with zero attached hydrogens (tertiary/aromatic N) is 4. The van der Waals surface area contributed by atoms with Crippen molar-refractivity contribution in [2.75, 3.05) is 0 Å². The predicted molar refractivity (Wildman–Crippen MR) is 71.6 cm³/mol. The molecule has 2 heterocycles. The van der Waals surface area contributed by atoms with Crippen molar-refractivity contribution in [2.24, 2.45) is 5.73 Å². The molecule has 0 aliphatic heterocycles. The molecule has 94 valence electrons. The lowest BCUT2D eigenvalue weighted by atomic mass is 10.1. The number of aromatic nitrogens is 4. The van der Waals surface area contributed by atoms with Gasteiger partial charge in [-0.05, 0) is 29.8 Å². The van der Waals surface area contributed by atoms with E-state index in [-0.39, 0.29) is 6.04 Å². The number of hydrogen-bond donors (Lipinski definition) is 1. The molecular weight excluding hydrogens is 238 g/mol. The normalized spacial score (nSPS) is 12.3. The summed E-state index contributed by atoms with van der Waals surface area (Å²) in [6.45, 7) is 0. The fourth-order valence-electron chi connectivity index (χ4n) is 1.97. The number of nitrogens with two attached hydrogens (primary N) is 1. The second-order valence-corrected chi connectivity index (χ2v) is 4.16. The SMILES string of the molecule is NC(c1ccncc1)c1cnnn1-c1ccccc1. The van der Waals surface area contributed by atoms with Crippen LogP contribution < -0.4 is 5.73 Å². The molecule has 1 atom stereocenters. The molecule has 2 aromatic heterocycles. The smallest absolute Gasteiger partial charge is 0.0858 e. The molecule has 3 rings (SSSR count). The highest BCUT2D eigenvalue weighted by Gasteiger charge is 2.15. The molecular formula is C14H13N5. The Balaban J connectivity index is 2.01. The van der Waals surface area contributed by atoms with Crippen LogP contribution in [0.2, 0.25) is 0 Å². The van der Waals surface area contributed by atoms with E-state index in [1.165, 1.54) is 0 Å². The van der Waals surface area contributed by atoms with Crippen molar-refractivity contribution in [1.82, 2.24) is 20.0 Å². The zero-order chi connectivity index (χ0) is 13.1. The molecule has 2 N–H and O–H groups in total. The molecule has 5 heteroatoms. The lowest BCUT2D eigenvalue weighted by Gasteiger charge is -2.13. The maximum absolute atomic E-state index is 6.27. The number of pyridine rings is 1. The van der Waals surface area contributed by atoms with Gasteiger partial charge in [-0.2, -0.15) is 0 Å². The van der Waals surface area contributed by atoms with Gasteiger partial charge in [0.05, 0.1) is 23.6 Å². The van der Waals surface area contributed by atoms with Crippen molar-refractivity contribution < 1.29 is 0 Å². The standard InChI is InChI=1S/C14H13N5/c15-14(11-6-8-16-9-7-11)13-10-17-18-19(13)12-4-2-1-3-5-12/h1-10,14H,15H2. The van der Waals surface area contributed by atoms with E-state index >= 15 is 0 Å². The Hall–Kier alpha value is -2.53. The van der Waals surface area contributed by atoms with Crippen molar-refractivity contribution in [3.8, 4) is 5.69 Å². The zero-order valence-electron chi connectivity index (χ0n) is 10.2. The second-order valence-electron chi connectivity index (χ2n) is 4.16. The van der Waals surface area contributed by atoms with E-state index < -0.39 is 0 Å². The van der Waals surface area contributed by atoms with Crippen molar-refractivity contribution in [3.63, 3.8) is 0 Å². The van der Waals surface area contributed by atoms with E-state index in [0.717, 1.165) is 16.9 Å². The summed E-state index contributed by atoms with van der Waals surface area (Å²) in [4.78, 5) is 4.00. The highest BCUT2D eigenvalue weighted by Crippen LogP contribution is 2.20. The third-order valence-corrected chi connectivity index (χ3v) is 2.96. The minimum absolute atomic E-state index is 0.279. The number of rotatable bonds is 3. The van der Waals surface area contributed by atoms with Crippen LogP contribution in [-0.2, 0) is 0 Å². The monoisotopic (exact) mass is 251 g/mol. The van der Waals surface area contributed by atoms with Gasteiger partial charge in [0.25, 0.3) is 0 Å². The van der Waals surface area contributed by atoms with E-state index in [2.05, 4.69) is 15.3 Å². The Morgan fingerprint density at radius 2 is 1.74 bits per heavy atom. The Bertz CT molecular complexity index is 648. The second kappa shape index (κ2) is 4.99. The first-order valence-corrected chi connectivity index (χ1v) is 5.98. The Morgan fingerprint density at radius 1 is 1.00 bits per heavy atom. The molecule has 0 saturated carbocycles. The third-order valence-electron chi connectivity index (χ3n) is 2.96. The maximum atomic E-state index is 6.27. The van der Waals surface area contributed by atoms with Crippen LogP contribution in [0, 0.1) is 0 Å². The van der Waals surface area contributed by atoms with Gasteiger partial charge >= 0.3 is 0 Å². The Labute approximate surface area is 110 Å². The first-order valence-electron chi connectivity index (χ1n) is 5.98. The van der Waals surface area contributed by atoms with Crippen molar-refractivity contribution in [1.29, 1.82) is 0 Å². The summed E-state index contributed by atoms with van der Waals surface area (Å²) in [6.07, 6.45) is 5.15. The average molecular weight is 251 g/mol. The van der Waals surface area contributed by atoms with Crippen molar-refractivity contribution >= 4 is 0 Å². The van der Waals surface area contributed by atoms with Gasteiger partial charge in [0, 0.05) is 12.4 Å². The molecule has 0 fully saturated rings. The Kier molecular flexibility index (Phi) is 3.04. The fourth-order valence-corrected chi connectivity index (χ4v) is 1.97. The average Bonchev–Trinajstić information content (AvgIpc) is 2.98.